The van der Waals surface area contributed by atoms with Gasteiger partial charge in [0.25, 0.3) is 0 Å². The first kappa shape index (κ1) is 12.4. The molecule has 88 valence electrons. The van der Waals surface area contributed by atoms with Crippen LogP contribution in [-0.4, -0.2) is 21.8 Å². The minimum atomic E-state index is -0.560. The maximum absolute atomic E-state index is 11.5. The van der Waals surface area contributed by atoms with Gasteiger partial charge in [0.1, 0.15) is 5.60 Å². The maximum atomic E-state index is 11.5. The van der Waals surface area contributed by atoms with Gasteiger partial charge in [-0.1, -0.05) is 0 Å². The zero-order valence-electron chi connectivity index (χ0n) is 9.65. The Labute approximate surface area is 94.5 Å². The van der Waals surface area contributed by atoms with Gasteiger partial charge >= 0.3 is 6.09 Å². The number of pyridine rings is 1. The van der Waals surface area contributed by atoms with E-state index in [4.69, 9.17) is 9.84 Å². The molecule has 1 amide bonds. The summed E-state index contributed by atoms with van der Waals surface area (Å²) in [5.74, 6) is 0. The molecule has 0 aromatic carbocycles. The second kappa shape index (κ2) is 4.94. The third-order valence-electron chi connectivity index (χ3n) is 1.68. The molecule has 0 aliphatic carbocycles. The number of nitrogens with one attached hydrogen (secondary N) is 1. The number of ether oxygens (including phenoxy) is 1. The smallest absolute Gasteiger partial charge is 0.412 e. The number of hydrogen-bond donors (Lipinski definition) is 2. The van der Waals surface area contributed by atoms with Crippen molar-refractivity contribution < 1.29 is 14.6 Å². The fourth-order valence-electron chi connectivity index (χ4n) is 1.09. The van der Waals surface area contributed by atoms with Gasteiger partial charge in [-0.15, -0.1) is 0 Å². The molecule has 0 saturated carbocycles. The lowest BCUT2D eigenvalue weighted by Gasteiger charge is -2.20. The van der Waals surface area contributed by atoms with E-state index in [1.807, 2.05) is 0 Å². The number of rotatable bonds is 2. The van der Waals surface area contributed by atoms with Crippen molar-refractivity contribution in [3.63, 3.8) is 0 Å². The van der Waals surface area contributed by atoms with Crippen LogP contribution in [0.5, 0.6) is 0 Å². The zero-order valence-corrected chi connectivity index (χ0v) is 9.65. The number of carbonyl (C=O) groups is 1. The quantitative estimate of drug-likeness (QED) is 0.805. The molecule has 2 N–H and O–H groups in total. The Morgan fingerprint density at radius 3 is 2.81 bits per heavy atom. The number of amides is 1. The van der Waals surface area contributed by atoms with Gasteiger partial charge < -0.3 is 9.84 Å². The third kappa shape index (κ3) is 3.86. The van der Waals surface area contributed by atoms with Crippen molar-refractivity contribution >= 4 is 11.8 Å². The number of aromatic nitrogens is 1. The number of anilines is 1. The average Bonchev–Trinajstić information content (AvgIpc) is 2.15. The van der Waals surface area contributed by atoms with Crippen LogP contribution < -0.4 is 5.32 Å². The van der Waals surface area contributed by atoms with E-state index in [1.165, 1.54) is 0 Å². The predicted molar refractivity (Wildman–Crippen MR) is 60.0 cm³/mol. The van der Waals surface area contributed by atoms with Gasteiger partial charge in [0.15, 0.2) is 0 Å². The van der Waals surface area contributed by atoms with E-state index in [2.05, 4.69) is 10.3 Å². The molecule has 5 heteroatoms. The first-order valence-corrected chi connectivity index (χ1v) is 4.97. The second-order valence-electron chi connectivity index (χ2n) is 4.28. The van der Waals surface area contributed by atoms with E-state index in [-0.39, 0.29) is 6.61 Å². The highest BCUT2D eigenvalue weighted by Crippen LogP contribution is 2.14. The Morgan fingerprint density at radius 1 is 1.56 bits per heavy atom. The van der Waals surface area contributed by atoms with Crippen LogP contribution in [0.15, 0.2) is 18.3 Å². The van der Waals surface area contributed by atoms with Crippen LogP contribution in [0.3, 0.4) is 0 Å². The highest BCUT2D eigenvalue weighted by Gasteiger charge is 2.17. The average molecular weight is 224 g/mol. The molecule has 0 aliphatic rings. The fourth-order valence-corrected chi connectivity index (χ4v) is 1.09. The summed E-state index contributed by atoms with van der Waals surface area (Å²) in [6.45, 7) is 5.11. The van der Waals surface area contributed by atoms with Crippen molar-refractivity contribution in [1.82, 2.24) is 4.98 Å². The van der Waals surface area contributed by atoms with Crippen molar-refractivity contribution in [2.45, 2.75) is 33.0 Å². The van der Waals surface area contributed by atoms with Gasteiger partial charge in [-0.2, -0.15) is 0 Å². The Hall–Kier alpha value is -1.62. The van der Waals surface area contributed by atoms with Crippen molar-refractivity contribution in [2.24, 2.45) is 0 Å². The predicted octanol–water partition coefficient (Wildman–Crippen LogP) is 1.92. The Bertz CT molecular complexity index is 372. The van der Waals surface area contributed by atoms with Gasteiger partial charge in [0, 0.05) is 6.20 Å². The van der Waals surface area contributed by atoms with Crippen molar-refractivity contribution in [3.05, 3.63) is 24.0 Å². The third-order valence-corrected chi connectivity index (χ3v) is 1.68. The summed E-state index contributed by atoms with van der Waals surface area (Å²) < 4.78 is 5.08. The molecule has 1 aromatic rings. The molecule has 0 atom stereocenters. The molecule has 0 unspecified atom stereocenters. The summed E-state index contributed by atoms with van der Waals surface area (Å²) in [5, 5.41) is 11.5. The fraction of sp³-hybridized carbons (Fsp3) is 0.455. The molecule has 1 heterocycles. The summed E-state index contributed by atoms with van der Waals surface area (Å²) in [6.07, 6.45) is 0.987. The largest absolute Gasteiger partial charge is 0.444 e. The van der Waals surface area contributed by atoms with E-state index in [0.29, 0.717) is 11.4 Å². The summed E-state index contributed by atoms with van der Waals surface area (Å²) in [4.78, 5) is 15.4. The van der Waals surface area contributed by atoms with Crippen LogP contribution in [0.1, 0.15) is 26.5 Å². The zero-order chi connectivity index (χ0) is 12.2. The Kier molecular flexibility index (Phi) is 3.84. The number of aliphatic hydroxyl groups excluding tert-OH is 1. The number of hydrogen-bond acceptors (Lipinski definition) is 4. The summed E-state index contributed by atoms with van der Waals surface area (Å²) in [6, 6.07) is 3.33. The lowest BCUT2D eigenvalue weighted by Crippen LogP contribution is -2.27. The number of nitrogens with zero attached hydrogens (tertiary/aromatic N) is 1. The molecule has 0 saturated heterocycles. The number of aliphatic hydroxyl groups is 1. The van der Waals surface area contributed by atoms with Crippen LogP contribution in [0.4, 0.5) is 10.5 Å². The van der Waals surface area contributed by atoms with E-state index >= 15 is 0 Å². The van der Waals surface area contributed by atoms with Crippen molar-refractivity contribution in [2.75, 3.05) is 5.32 Å². The lowest BCUT2D eigenvalue weighted by atomic mass is 10.2. The lowest BCUT2D eigenvalue weighted by molar-refractivity contribution is 0.0635. The first-order valence-electron chi connectivity index (χ1n) is 4.97. The van der Waals surface area contributed by atoms with Crippen LogP contribution in [0.2, 0.25) is 0 Å². The molecule has 0 fully saturated rings. The van der Waals surface area contributed by atoms with Gasteiger partial charge in [-0.25, -0.2) is 4.79 Å². The van der Waals surface area contributed by atoms with E-state index in [9.17, 15) is 4.79 Å². The molecule has 16 heavy (non-hydrogen) atoms. The van der Waals surface area contributed by atoms with E-state index in [1.54, 1.807) is 39.1 Å². The van der Waals surface area contributed by atoms with Gasteiger partial charge in [0.2, 0.25) is 0 Å². The maximum Gasteiger partial charge on any atom is 0.412 e. The highest BCUT2D eigenvalue weighted by molar-refractivity contribution is 5.85. The van der Waals surface area contributed by atoms with Crippen LogP contribution in [-0.2, 0) is 11.3 Å². The van der Waals surface area contributed by atoms with Gasteiger partial charge in [-0.05, 0) is 32.9 Å². The summed E-state index contributed by atoms with van der Waals surface area (Å²) >= 11 is 0. The second-order valence-corrected chi connectivity index (χ2v) is 4.28. The van der Waals surface area contributed by atoms with Gasteiger partial charge in [-0.3, -0.25) is 10.3 Å². The summed E-state index contributed by atoms with van der Waals surface area (Å²) in [5.41, 5.74) is 0.318. The van der Waals surface area contributed by atoms with E-state index < -0.39 is 11.7 Å². The molecule has 0 spiro atoms. The number of carbonyl (C=O) groups excluding carboxylic acids is 1. The van der Waals surface area contributed by atoms with Crippen LogP contribution >= 0.6 is 0 Å². The monoisotopic (exact) mass is 224 g/mol. The van der Waals surface area contributed by atoms with Crippen LogP contribution in [0, 0.1) is 0 Å². The normalized spacial score (nSPS) is 11.0. The minimum Gasteiger partial charge on any atom is -0.444 e. The molecule has 5 nitrogen and oxygen atoms in total. The SMILES string of the molecule is CC(C)(C)OC(=O)Nc1cccnc1CO. The molecular weight excluding hydrogens is 208 g/mol. The Morgan fingerprint density at radius 2 is 2.25 bits per heavy atom. The van der Waals surface area contributed by atoms with Crippen molar-refractivity contribution in [1.29, 1.82) is 0 Å². The molecule has 1 aromatic heterocycles. The summed E-state index contributed by atoms with van der Waals surface area (Å²) in [7, 11) is 0. The Balaban J connectivity index is 2.70. The molecule has 1 rings (SSSR count). The minimum absolute atomic E-state index is 0.230. The van der Waals surface area contributed by atoms with Gasteiger partial charge in [0.05, 0.1) is 18.0 Å². The standard InChI is InChI=1S/C11H16N2O3/c1-11(2,3)16-10(15)13-8-5-4-6-12-9(8)7-14/h4-6,14H,7H2,1-3H3,(H,13,15). The van der Waals surface area contributed by atoms with Crippen molar-refractivity contribution in [3.8, 4) is 0 Å². The molecule has 0 bridgehead atoms. The topological polar surface area (TPSA) is 71.5 Å². The first-order chi connectivity index (χ1) is 7.42. The molecular formula is C11H16N2O3. The highest BCUT2D eigenvalue weighted by atomic mass is 16.6. The molecule has 0 radical (unpaired) electrons. The van der Waals surface area contributed by atoms with Crippen LogP contribution in [0.25, 0.3) is 0 Å². The van der Waals surface area contributed by atoms with E-state index in [0.717, 1.165) is 0 Å². The molecule has 0 aliphatic heterocycles.